The Balaban J connectivity index is 1.95. The van der Waals surface area contributed by atoms with Crippen LogP contribution in [0, 0.1) is 0 Å². The first kappa shape index (κ1) is 11.5. The summed E-state index contributed by atoms with van der Waals surface area (Å²) in [4.78, 5) is 4.07. The number of hydrogen-bond donors (Lipinski definition) is 1. The van der Waals surface area contributed by atoms with Crippen LogP contribution in [-0.2, 0) is 0 Å². The molecule has 0 spiro atoms. The van der Waals surface area contributed by atoms with Gasteiger partial charge in [-0.1, -0.05) is 17.7 Å². The molecule has 2 heterocycles. The maximum absolute atomic E-state index is 10.2. The minimum atomic E-state index is -0.558. The van der Waals surface area contributed by atoms with Crippen molar-refractivity contribution in [3.05, 3.63) is 58.9 Å². The quantitative estimate of drug-likeness (QED) is 0.857. The predicted molar refractivity (Wildman–Crippen MR) is 68.6 cm³/mol. The molecule has 3 nitrogen and oxygen atoms in total. The van der Waals surface area contributed by atoms with Crippen molar-refractivity contribution in [3.8, 4) is 5.75 Å². The summed E-state index contributed by atoms with van der Waals surface area (Å²) in [6, 6.07) is 9.12. The first-order valence-corrected chi connectivity index (χ1v) is 6.16. The van der Waals surface area contributed by atoms with Gasteiger partial charge in [0.25, 0.3) is 0 Å². The molecule has 0 saturated heterocycles. The minimum absolute atomic E-state index is 0.164. The number of ether oxygens (including phenoxy) is 1. The van der Waals surface area contributed by atoms with Gasteiger partial charge in [-0.15, -0.1) is 0 Å². The van der Waals surface area contributed by atoms with E-state index in [1.165, 1.54) is 0 Å². The number of nitrogens with zero attached hydrogens (tertiary/aromatic N) is 1. The van der Waals surface area contributed by atoms with E-state index >= 15 is 0 Å². The first-order valence-electron chi connectivity index (χ1n) is 5.78. The van der Waals surface area contributed by atoms with Gasteiger partial charge >= 0.3 is 0 Å². The highest BCUT2D eigenvalue weighted by molar-refractivity contribution is 6.30. The third-order valence-electron chi connectivity index (χ3n) is 3.09. The summed E-state index contributed by atoms with van der Waals surface area (Å²) in [5, 5.41) is 10.8. The van der Waals surface area contributed by atoms with Crippen LogP contribution < -0.4 is 4.74 Å². The van der Waals surface area contributed by atoms with Crippen LogP contribution in [0.3, 0.4) is 0 Å². The molecule has 3 rings (SSSR count). The maximum atomic E-state index is 10.2. The Labute approximate surface area is 110 Å². The molecule has 0 bridgehead atoms. The summed E-state index contributed by atoms with van der Waals surface area (Å²) < 4.78 is 5.88. The predicted octanol–water partition coefficient (Wildman–Crippen LogP) is 3.29. The smallest absolute Gasteiger partial charge is 0.128 e. The number of aliphatic hydroxyl groups is 1. The molecule has 2 aromatic rings. The number of halogens is 1. The van der Waals surface area contributed by atoms with Gasteiger partial charge in [-0.2, -0.15) is 0 Å². The zero-order valence-corrected chi connectivity index (χ0v) is 10.3. The Kier molecular flexibility index (Phi) is 2.94. The third kappa shape index (κ3) is 2.07. The Morgan fingerprint density at radius 2 is 2.22 bits per heavy atom. The molecule has 92 valence electrons. The van der Waals surface area contributed by atoms with Crippen molar-refractivity contribution in [2.24, 2.45) is 0 Å². The number of hydrogen-bond acceptors (Lipinski definition) is 3. The van der Waals surface area contributed by atoms with E-state index in [-0.39, 0.29) is 6.10 Å². The number of aliphatic hydroxyl groups excluding tert-OH is 1. The summed E-state index contributed by atoms with van der Waals surface area (Å²) in [7, 11) is 0. The molecule has 0 radical (unpaired) electrons. The van der Waals surface area contributed by atoms with E-state index in [2.05, 4.69) is 4.98 Å². The summed E-state index contributed by atoms with van der Waals surface area (Å²) in [6.07, 6.45) is 3.27. The van der Waals surface area contributed by atoms with Gasteiger partial charge in [0, 0.05) is 35.0 Å². The highest BCUT2D eigenvalue weighted by Crippen LogP contribution is 2.41. The van der Waals surface area contributed by atoms with Gasteiger partial charge in [0.05, 0.1) is 6.10 Å². The molecular weight excluding hydrogens is 250 g/mol. The third-order valence-corrected chi connectivity index (χ3v) is 3.33. The molecule has 18 heavy (non-hydrogen) atoms. The average molecular weight is 262 g/mol. The molecule has 1 aromatic carbocycles. The normalized spacial score (nSPS) is 22.1. The fraction of sp³-hybridized carbons (Fsp3) is 0.214. The lowest BCUT2D eigenvalue weighted by Gasteiger charge is -2.29. The Morgan fingerprint density at radius 1 is 1.33 bits per heavy atom. The summed E-state index contributed by atoms with van der Waals surface area (Å²) in [5.74, 6) is 0.687. The van der Waals surface area contributed by atoms with E-state index in [0.29, 0.717) is 17.2 Å². The van der Waals surface area contributed by atoms with Gasteiger partial charge in [-0.3, -0.25) is 4.98 Å². The van der Waals surface area contributed by atoms with Crippen molar-refractivity contribution in [2.75, 3.05) is 0 Å². The van der Waals surface area contributed by atoms with Crippen LogP contribution in [0.15, 0.2) is 42.7 Å². The second-order valence-electron chi connectivity index (χ2n) is 4.33. The van der Waals surface area contributed by atoms with Crippen molar-refractivity contribution in [2.45, 2.75) is 18.6 Å². The fourth-order valence-electron chi connectivity index (χ4n) is 2.19. The molecule has 0 amide bonds. The standard InChI is InChI=1S/C14H12ClNO2/c15-10-3-4-13-11(6-10)12(17)7-14(18-13)9-2-1-5-16-8-9/h1-6,8,12,14,17H,7H2/t12-,14?/m0/s1. The highest BCUT2D eigenvalue weighted by Gasteiger charge is 2.28. The molecule has 1 aliphatic heterocycles. The molecule has 1 aliphatic rings. The maximum Gasteiger partial charge on any atom is 0.128 e. The Bertz CT molecular complexity index is 559. The van der Waals surface area contributed by atoms with Crippen LogP contribution in [0.1, 0.15) is 29.8 Å². The van der Waals surface area contributed by atoms with E-state index in [0.717, 1.165) is 11.1 Å². The Hall–Kier alpha value is -1.58. The number of fused-ring (bicyclic) bond motifs is 1. The van der Waals surface area contributed by atoms with E-state index in [1.807, 2.05) is 12.1 Å². The SMILES string of the molecule is O[C@H]1CC(c2cccnc2)Oc2ccc(Cl)cc21. The highest BCUT2D eigenvalue weighted by atomic mass is 35.5. The van der Waals surface area contributed by atoms with E-state index in [4.69, 9.17) is 16.3 Å². The molecule has 0 saturated carbocycles. The Morgan fingerprint density at radius 3 is 3.00 bits per heavy atom. The van der Waals surface area contributed by atoms with E-state index < -0.39 is 6.10 Å². The second kappa shape index (κ2) is 4.59. The monoisotopic (exact) mass is 261 g/mol. The molecule has 4 heteroatoms. The van der Waals surface area contributed by atoms with Crippen LogP contribution >= 0.6 is 11.6 Å². The van der Waals surface area contributed by atoms with Gasteiger partial charge in [0.1, 0.15) is 11.9 Å². The molecule has 0 aliphatic carbocycles. The van der Waals surface area contributed by atoms with Crippen molar-refractivity contribution >= 4 is 11.6 Å². The van der Waals surface area contributed by atoms with Crippen LogP contribution in [0.2, 0.25) is 5.02 Å². The van der Waals surface area contributed by atoms with Crippen LogP contribution in [0.25, 0.3) is 0 Å². The molecule has 1 aromatic heterocycles. The van der Waals surface area contributed by atoms with Crippen molar-refractivity contribution in [1.29, 1.82) is 0 Å². The number of benzene rings is 1. The average Bonchev–Trinajstić information content (AvgIpc) is 2.40. The molecular formula is C14H12ClNO2. The number of pyridine rings is 1. The summed E-state index contributed by atoms with van der Waals surface area (Å²) in [5.41, 5.74) is 1.72. The van der Waals surface area contributed by atoms with Crippen molar-refractivity contribution in [3.63, 3.8) is 0 Å². The lowest BCUT2D eigenvalue weighted by atomic mass is 9.96. The van der Waals surface area contributed by atoms with Crippen molar-refractivity contribution in [1.82, 2.24) is 4.98 Å². The zero-order valence-electron chi connectivity index (χ0n) is 9.58. The van der Waals surface area contributed by atoms with Gasteiger partial charge in [0.2, 0.25) is 0 Å². The molecule has 1 unspecified atom stereocenters. The fourth-order valence-corrected chi connectivity index (χ4v) is 2.37. The minimum Gasteiger partial charge on any atom is -0.485 e. The number of aromatic nitrogens is 1. The summed E-state index contributed by atoms with van der Waals surface area (Å²) >= 11 is 5.92. The molecule has 2 atom stereocenters. The molecule has 1 N–H and O–H groups in total. The lowest BCUT2D eigenvalue weighted by Crippen LogP contribution is -2.19. The first-order chi connectivity index (χ1) is 8.74. The number of rotatable bonds is 1. The van der Waals surface area contributed by atoms with Crippen LogP contribution in [0.4, 0.5) is 0 Å². The zero-order chi connectivity index (χ0) is 12.5. The van der Waals surface area contributed by atoms with Crippen LogP contribution in [0.5, 0.6) is 5.75 Å². The van der Waals surface area contributed by atoms with Gasteiger partial charge in [0.15, 0.2) is 0 Å². The summed E-state index contributed by atoms with van der Waals surface area (Å²) in [6.45, 7) is 0. The van der Waals surface area contributed by atoms with Gasteiger partial charge < -0.3 is 9.84 Å². The second-order valence-corrected chi connectivity index (χ2v) is 4.76. The largest absolute Gasteiger partial charge is 0.485 e. The van der Waals surface area contributed by atoms with E-state index in [1.54, 1.807) is 30.6 Å². The van der Waals surface area contributed by atoms with E-state index in [9.17, 15) is 5.11 Å². The molecule has 0 fully saturated rings. The van der Waals surface area contributed by atoms with Gasteiger partial charge in [-0.05, 0) is 24.3 Å². The topological polar surface area (TPSA) is 42.4 Å². The van der Waals surface area contributed by atoms with Crippen molar-refractivity contribution < 1.29 is 9.84 Å². The van der Waals surface area contributed by atoms with Crippen LogP contribution in [-0.4, -0.2) is 10.1 Å². The lowest BCUT2D eigenvalue weighted by molar-refractivity contribution is 0.0656. The van der Waals surface area contributed by atoms with Gasteiger partial charge in [-0.25, -0.2) is 0 Å².